The normalized spacial score (nSPS) is 18.0. The summed E-state index contributed by atoms with van der Waals surface area (Å²) in [5.74, 6) is -0.727. The summed E-state index contributed by atoms with van der Waals surface area (Å²) >= 11 is 0. The average molecular weight is 328 g/mol. The second kappa shape index (κ2) is 5.63. The van der Waals surface area contributed by atoms with Gasteiger partial charge in [-0.15, -0.1) is 15.3 Å². The van der Waals surface area contributed by atoms with Crippen LogP contribution in [0.2, 0.25) is 0 Å². The first-order valence-corrected chi connectivity index (χ1v) is 7.53. The number of alkyl halides is 3. The van der Waals surface area contributed by atoms with E-state index in [9.17, 15) is 13.2 Å². The fourth-order valence-electron chi connectivity index (χ4n) is 3.13. The van der Waals surface area contributed by atoms with Crippen LogP contribution in [0.1, 0.15) is 31.5 Å². The topological polar surface area (TPSA) is 58.3 Å². The van der Waals surface area contributed by atoms with E-state index in [4.69, 9.17) is 0 Å². The molecule has 0 spiro atoms. The molecule has 6 nitrogen and oxygen atoms in total. The van der Waals surface area contributed by atoms with Crippen molar-refractivity contribution in [1.29, 1.82) is 0 Å². The largest absolute Gasteiger partial charge is 0.453 e. The van der Waals surface area contributed by atoms with E-state index in [1.165, 1.54) is 6.07 Å². The number of likely N-dealkylation sites (N-methyl/N-ethyl adjacent to an activating group) is 1. The fourth-order valence-corrected chi connectivity index (χ4v) is 3.13. The third-order valence-electron chi connectivity index (χ3n) is 4.60. The second-order valence-electron chi connectivity index (χ2n) is 6.19. The van der Waals surface area contributed by atoms with Crippen LogP contribution in [-0.4, -0.2) is 50.9 Å². The molecule has 9 heteroatoms. The zero-order chi connectivity index (χ0) is 16.7. The number of nitrogens with one attached hydrogen (secondary N) is 1. The number of hydrogen-bond donors (Lipinski definition) is 1. The third kappa shape index (κ3) is 2.97. The number of rotatable bonds is 4. The van der Waals surface area contributed by atoms with Crippen molar-refractivity contribution in [2.75, 3.05) is 26.0 Å². The summed E-state index contributed by atoms with van der Waals surface area (Å²) in [5, 5.41) is 13.8. The van der Waals surface area contributed by atoms with E-state index < -0.39 is 12.0 Å². The van der Waals surface area contributed by atoms with Gasteiger partial charge in [0.25, 0.3) is 5.82 Å². The molecule has 0 aliphatic heterocycles. The Labute approximate surface area is 131 Å². The Morgan fingerprint density at radius 2 is 1.91 bits per heavy atom. The van der Waals surface area contributed by atoms with E-state index in [1.54, 1.807) is 6.07 Å². The van der Waals surface area contributed by atoms with Crippen molar-refractivity contribution in [3.63, 3.8) is 0 Å². The van der Waals surface area contributed by atoms with Gasteiger partial charge in [0.2, 0.25) is 0 Å². The first kappa shape index (κ1) is 16.0. The third-order valence-corrected chi connectivity index (χ3v) is 4.60. The summed E-state index contributed by atoms with van der Waals surface area (Å²) in [6.45, 7) is 0.641. The molecule has 1 N–H and O–H groups in total. The molecule has 23 heavy (non-hydrogen) atoms. The lowest BCUT2D eigenvalue weighted by Gasteiger charge is -2.36. The average Bonchev–Trinajstić information content (AvgIpc) is 3.11. The fraction of sp³-hybridized carbons (Fsp3) is 0.643. The molecular formula is C14H19F3N6. The molecule has 0 aromatic carbocycles. The van der Waals surface area contributed by atoms with Gasteiger partial charge in [-0.05, 0) is 39.1 Å². The van der Waals surface area contributed by atoms with Crippen molar-refractivity contribution in [2.45, 2.75) is 37.4 Å². The maximum Gasteiger partial charge on any atom is 0.453 e. The smallest absolute Gasteiger partial charge is 0.367 e. The van der Waals surface area contributed by atoms with Gasteiger partial charge in [-0.1, -0.05) is 12.8 Å². The van der Waals surface area contributed by atoms with E-state index in [1.807, 2.05) is 14.1 Å². The van der Waals surface area contributed by atoms with Crippen molar-refractivity contribution in [3.05, 3.63) is 18.0 Å². The Bertz CT molecular complexity index is 687. The molecule has 2 heterocycles. The lowest BCUT2D eigenvalue weighted by molar-refractivity contribution is -0.146. The Morgan fingerprint density at radius 3 is 2.52 bits per heavy atom. The summed E-state index contributed by atoms with van der Waals surface area (Å²) in [6.07, 6.45) is -0.126. The summed E-state index contributed by atoms with van der Waals surface area (Å²) in [6, 6.07) is 3.11. The van der Waals surface area contributed by atoms with Crippen LogP contribution < -0.4 is 5.32 Å². The standard InChI is InChI=1S/C14H19F3N6/c1-22(2)13(7-3-4-8-13)9-18-10-5-6-11-19-20-12(14(15,16)17)23(11)21-10/h5-6H,3-4,7-9H2,1-2H3,(H,18,21). The number of aromatic nitrogens is 4. The first-order chi connectivity index (χ1) is 10.8. The number of halogens is 3. The summed E-state index contributed by atoms with van der Waals surface area (Å²) < 4.78 is 39.4. The monoisotopic (exact) mass is 328 g/mol. The molecule has 0 atom stereocenters. The van der Waals surface area contributed by atoms with Crippen LogP contribution in [0.15, 0.2) is 12.1 Å². The summed E-state index contributed by atoms with van der Waals surface area (Å²) in [4.78, 5) is 2.19. The molecule has 1 aliphatic rings. The van der Waals surface area contributed by atoms with Crippen molar-refractivity contribution in [1.82, 2.24) is 24.7 Å². The van der Waals surface area contributed by atoms with Crippen LogP contribution >= 0.6 is 0 Å². The van der Waals surface area contributed by atoms with Crippen LogP contribution in [0.3, 0.4) is 0 Å². The van der Waals surface area contributed by atoms with Crippen LogP contribution in [-0.2, 0) is 6.18 Å². The lowest BCUT2D eigenvalue weighted by Crippen LogP contribution is -2.47. The second-order valence-corrected chi connectivity index (χ2v) is 6.19. The zero-order valence-electron chi connectivity index (χ0n) is 13.1. The van der Waals surface area contributed by atoms with Gasteiger partial charge >= 0.3 is 6.18 Å². The van der Waals surface area contributed by atoms with E-state index >= 15 is 0 Å². The molecule has 2 aromatic rings. The highest BCUT2D eigenvalue weighted by molar-refractivity contribution is 5.44. The number of nitrogens with zero attached hydrogens (tertiary/aromatic N) is 5. The Balaban J connectivity index is 1.83. The van der Waals surface area contributed by atoms with Gasteiger partial charge in [-0.2, -0.15) is 17.7 Å². The number of hydrogen-bond acceptors (Lipinski definition) is 5. The Morgan fingerprint density at radius 1 is 1.22 bits per heavy atom. The van der Waals surface area contributed by atoms with Crippen molar-refractivity contribution in [3.8, 4) is 0 Å². The summed E-state index contributed by atoms with van der Waals surface area (Å²) in [7, 11) is 4.07. The molecule has 0 saturated heterocycles. The number of fused-ring (bicyclic) bond motifs is 1. The highest BCUT2D eigenvalue weighted by Crippen LogP contribution is 2.34. The Kier molecular flexibility index (Phi) is 3.91. The first-order valence-electron chi connectivity index (χ1n) is 7.53. The van der Waals surface area contributed by atoms with Crippen molar-refractivity contribution in [2.24, 2.45) is 0 Å². The van der Waals surface area contributed by atoms with Gasteiger partial charge in [-0.25, -0.2) is 0 Å². The highest BCUT2D eigenvalue weighted by atomic mass is 19.4. The predicted molar refractivity (Wildman–Crippen MR) is 79.2 cm³/mol. The van der Waals surface area contributed by atoms with Crippen LogP contribution in [0.25, 0.3) is 5.65 Å². The van der Waals surface area contributed by atoms with Crippen LogP contribution in [0.4, 0.5) is 19.0 Å². The zero-order valence-corrected chi connectivity index (χ0v) is 13.1. The summed E-state index contributed by atoms with van der Waals surface area (Å²) in [5.41, 5.74) is 0.0995. The molecule has 126 valence electrons. The van der Waals surface area contributed by atoms with Gasteiger partial charge in [0.15, 0.2) is 5.65 Å². The van der Waals surface area contributed by atoms with E-state index in [0.29, 0.717) is 12.4 Å². The Hall–Kier alpha value is -1.90. The van der Waals surface area contributed by atoms with Crippen LogP contribution in [0.5, 0.6) is 0 Å². The molecule has 0 amide bonds. The van der Waals surface area contributed by atoms with Gasteiger partial charge in [-0.3, -0.25) is 0 Å². The maximum absolute atomic E-state index is 12.9. The van der Waals surface area contributed by atoms with E-state index in [0.717, 1.165) is 30.2 Å². The molecule has 1 aliphatic carbocycles. The molecule has 3 rings (SSSR count). The maximum atomic E-state index is 12.9. The lowest BCUT2D eigenvalue weighted by atomic mass is 9.96. The molecule has 2 aromatic heterocycles. The van der Waals surface area contributed by atoms with Crippen LogP contribution in [0, 0.1) is 0 Å². The molecule has 0 unspecified atom stereocenters. The van der Waals surface area contributed by atoms with Gasteiger partial charge in [0.1, 0.15) is 5.82 Å². The van der Waals surface area contributed by atoms with Crippen molar-refractivity contribution >= 4 is 11.5 Å². The SMILES string of the molecule is CN(C)C1(CNc2ccc3nnc(C(F)(F)F)n3n2)CCCC1. The predicted octanol–water partition coefficient (Wildman–Crippen LogP) is 2.43. The van der Waals surface area contributed by atoms with Crippen molar-refractivity contribution < 1.29 is 13.2 Å². The minimum atomic E-state index is -4.58. The molecule has 1 fully saturated rings. The highest BCUT2D eigenvalue weighted by Gasteiger charge is 2.38. The van der Waals surface area contributed by atoms with Gasteiger partial charge < -0.3 is 10.2 Å². The minimum absolute atomic E-state index is 0.0245. The minimum Gasteiger partial charge on any atom is -0.367 e. The van der Waals surface area contributed by atoms with E-state index in [2.05, 4.69) is 25.5 Å². The van der Waals surface area contributed by atoms with Gasteiger partial charge in [0, 0.05) is 12.1 Å². The molecular weight excluding hydrogens is 309 g/mol. The number of anilines is 1. The van der Waals surface area contributed by atoms with Gasteiger partial charge in [0.05, 0.1) is 0 Å². The molecule has 0 bridgehead atoms. The van der Waals surface area contributed by atoms with E-state index in [-0.39, 0.29) is 11.2 Å². The molecule has 0 radical (unpaired) electrons. The quantitative estimate of drug-likeness (QED) is 0.934. The molecule has 1 saturated carbocycles.